The summed E-state index contributed by atoms with van der Waals surface area (Å²) in [7, 11) is 0. The average Bonchev–Trinajstić information content (AvgIpc) is 3.03. The Morgan fingerprint density at radius 3 is 3.04 bits per heavy atom. The van der Waals surface area contributed by atoms with Crippen molar-refractivity contribution in [1.29, 1.82) is 0 Å². The molecule has 1 aromatic rings. The van der Waals surface area contributed by atoms with Crippen LogP contribution in [0, 0.1) is 5.41 Å². The zero-order valence-corrected chi connectivity index (χ0v) is 14.8. The van der Waals surface area contributed by atoms with E-state index in [1.807, 2.05) is 18.3 Å². The lowest BCUT2D eigenvalue weighted by atomic mass is 9.58. The summed E-state index contributed by atoms with van der Waals surface area (Å²) in [5.74, 6) is 0.567. The monoisotopic (exact) mass is 335 g/mol. The lowest BCUT2D eigenvalue weighted by Gasteiger charge is -2.45. The number of carbonyl (C=O) groups excluding carboxylic acids is 1. The lowest BCUT2D eigenvalue weighted by Crippen LogP contribution is -2.43. The van der Waals surface area contributed by atoms with Crippen LogP contribution in [-0.2, 0) is 10.2 Å². The number of allylic oxidation sites excluding steroid dienone is 2. The zero-order valence-electron chi connectivity index (χ0n) is 14.8. The topological polar surface area (TPSA) is 38.7 Å². The summed E-state index contributed by atoms with van der Waals surface area (Å²) in [6.07, 6.45) is 17.7. The van der Waals surface area contributed by atoms with E-state index in [1.165, 1.54) is 12.0 Å². The fraction of sp³-hybridized carbons (Fsp3) is 0.455. The highest BCUT2D eigenvalue weighted by Crippen LogP contribution is 2.60. The van der Waals surface area contributed by atoms with Crippen LogP contribution < -0.4 is 4.74 Å². The van der Waals surface area contributed by atoms with Gasteiger partial charge in [-0.15, -0.1) is 0 Å². The molecule has 0 N–H and O–H groups in total. The summed E-state index contributed by atoms with van der Waals surface area (Å²) >= 11 is 0. The fourth-order valence-electron chi connectivity index (χ4n) is 4.75. The van der Waals surface area contributed by atoms with Gasteiger partial charge in [0.1, 0.15) is 5.75 Å². The van der Waals surface area contributed by atoms with Crippen LogP contribution in [0.5, 0.6) is 5.75 Å². The third-order valence-corrected chi connectivity index (χ3v) is 6.04. The van der Waals surface area contributed by atoms with Gasteiger partial charge in [-0.3, -0.25) is 9.79 Å². The summed E-state index contributed by atoms with van der Waals surface area (Å²) < 4.78 is 5.73. The van der Waals surface area contributed by atoms with Crippen molar-refractivity contribution in [2.75, 3.05) is 0 Å². The Labute approximate surface area is 149 Å². The maximum Gasteiger partial charge on any atom is 0.311 e. The van der Waals surface area contributed by atoms with Crippen molar-refractivity contribution in [3.63, 3.8) is 0 Å². The third-order valence-electron chi connectivity index (χ3n) is 6.04. The molecule has 0 amide bonds. The molecule has 0 aromatic heterocycles. The summed E-state index contributed by atoms with van der Waals surface area (Å²) in [6.45, 7) is 2.14. The Morgan fingerprint density at radius 1 is 1.24 bits per heavy atom. The standard InChI is InChI=1S/C22H25NO2/c1-2-3-4-9-20(24)25-19-8-5-7-18-17(19)10-13-21-11-6-12-22(18,21)14-15-23-16-21/h5,7-8,10,13-16H,2-4,6,9,11-12H2,1H3. The highest BCUT2D eigenvalue weighted by Gasteiger charge is 2.55. The molecule has 130 valence electrons. The van der Waals surface area contributed by atoms with Crippen molar-refractivity contribution < 1.29 is 9.53 Å². The normalized spacial score (nSPS) is 28.4. The number of aliphatic imine (C=N–C) groups is 1. The molecule has 1 heterocycles. The Morgan fingerprint density at radius 2 is 2.16 bits per heavy atom. The predicted molar refractivity (Wildman–Crippen MR) is 101 cm³/mol. The van der Waals surface area contributed by atoms with E-state index in [0.717, 1.165) is 37.7 Å². The van der Waals surface area contributed by atoms with Gasteiger partial charge >= 0.3 is 5.97 Å². The number of unbranched alkanes of at least 4 members (excludes halogenated alkanes) is 2. The molecule has 25 heavy (non-hydrogen) atoms. The van der Waals surface area contributed by atoms with Gasteiger partial charge in [-0.1, -0.05) is 56.5 Å². The number of hydrogen-bond acceptors (Lipinski definition) is 3. The number of carbonyl (C=O) groups is 1. The van der Waals surface area contributed by atoms with Gasteiger partial charge in [-0.2, -0.15) is 0 Å². The van der Waals surface area contributed by atoms with Crippen molar-refractivity contribution >= 4 is 18.3 Å². The van der Waals surface area contributed by atoms with Gasteiger partial charge in [0.15, 0.2) is 0 Å². The number of ether oxygens (including phenoxy) is 1. The molecule has 3 heteroatoms. The molecule has 1 aromatic carbocycles. The number of nitrogens with zero attached hydrogens (tertiary/aromatic N) is 1. The van der Waals surface area contributed by atoms with Crippen LogP contribution in [0.25, 0.3) is 6.08 Å². The molecule has 3 aliphatic rings. The van der Waals surface area contributed by atoms with E-state index in [1.54, 1.807) is 0 Å². The third kappa shape index (κ3) is 2.48. The molecule has 2 unspecified atom stereocenters. The first kappa shape index (κ1) is 16.3. The van der Waals surface area contributed by atoms with E-state index in [4.69, 9.17) is 4.74 Å². The van der Waals surface area contributed by atoms with Crippen LogP contribution >= 0.6 is 0 Å². The van der Waals surface area contributed by atoms with E-state index in [0.29, 0.717) is 12.2 Å². The second-order valence-electron chi connectivity index (χ2n) is 7.44. The van der Waals surface area contributed by atoms with E-state index < -0.39 is 0 Å². The maximum absolute atomic E-state index is 12.2. The Hall–Kier alpha value is -2.16. The number of benzene rings is 1. The zero-order chi connectivity index (χ0) is 17.3. The Balaban J connectivity index is 1.67. The molecule has 2 atom stereocenters. The Kier molecular flexibility index (Phi) is 4.10. The van der Waals surface area contributed by atoms with Gasteiger partial charge in [0.2, 0.25) is 0 Å². The van der Waals surface area contributed by atoms with E-state index in [9.17, 15) is 4.79 Å². The number of rotatable bonds is 5. The molecule has 0 spiro atoms. The molecule has 1 fully saturated rings. The quantitative estimate of drug-likeness (QED) is 0.421. The highest BCUT2D eigenvalue weighted by molar-refractivity contribution is 5.84. The van der Waals surface area contributed by atoms with Gasteiger partial charge in [0.25, 0.3) is 0 Å². The minimum atomic E-state index is -0.128. The molecular formula is C22H25NO2. The van der Waals surface area contributed by atoms with Crippen molar-refractivity contribution in [3.8, 4) is 5.75 Å². The second-order valence-corrected chi connectivity index (χ2v) is 7.44. The summed E-state index contributed by atoms with van der Waals surface area (Å²) in [5.41, 5.74) is 2.28. The van der Waals surface area contributed by atoms with Crippen LogP contribution in [0.4, 0.5) is 0 Å². The van der Waals surface area contributed by atoms with Crippen molar-refractivity contribution in [2.24, 2.45) is 10.4 Å². The molecule has 2 aliphatic carbocycles. The van der Waals surface area contributed by atoms with Crippen LogP contribution in [0.3, 0.4) is 0 Å². The first-order valence-electron chi connectivity index (χ1n) is 9.46. The second kappa shape index (κ2) is 6.29. The van der Waals surface area contributed by atoms with Gasteiger partial charge in [-0.05, 0) is 30.9 Å². The Bertz CT molecular complexity index is 776. The van der Waals surface area contributed by atoms with Crippen molar-refractivity contribution in [3.05, 3.63) is 47.7 Å². The number of hydrogen-bond donors (Lipinski definition) is 0. The van der Waals surface area contributed by atoms with E-state index >= 15 is 0 Å². The van der Waals surface area contributed by atoms with Crippen LogP contribution in [0.15, 0.2) is 41.5 Å². The molecule has 1 saturated carbocycles. The first-order chi connectivity index (χ1) is 12.2. The summed E-state index contributed by atoms with van der Waals surface area (Å²) in [6, 6.07) is 6.13. The van der Waals surface area contributed by atoms with Crippen LogP contribution in [-0.4, -0.2) is 12.2 Å². The van der Waals surface area contributed by atoms with Gasteiger partial charge in [0.05, 0.1) is 0 Å². The van der Waals surface area contributed by atoms with Crippen LogP contribution in [0.1, 0.15) is 63.0 Å². The lowest BCUT2D eigenvalue weighted by molar-refractivity contribution is -0.134. The molecular weight excluding hydrogens is 310 g/mol. The van der Waals surface area contributed by atoms with Gasteiger partial charge in [-0.25, -0.2) is 0 Å². The van der Waals surface area contributed by atoms with E-state index in [-0.39, 0.29) is 16.8 Å². The largest absolute Gasteiger partial charge is 0.426 e. The minimum absolute atomic E-state index is 0.0154. The first-order valence-corrected chi connectivity index (χ1v) is 9.46. The molecule has 0 saturated heterocycles. The summed E-state index contributed by atoms with van der Waals surface area (Å²) in [4.78, 5) is 16.6. The van der Waals surface area contributed by atoms with Crippen molar-refractivity contribution in [1.82, 2.24) is 0 Å². The fourth-order valence-corrected chi connectivity index (χ4v) is 4.75. The molecule has 1 aliphatic heterocycles. The number of esters is 1. The van der Waals surface area contributed by atoms with Crippen LogP contribution in [0.2, 0.25) is 0 Å². The average molecular weight is 335 g/mol. The predicted octanol–water partition coefficient (Wildman–Crippen LogP) is 5.21. The van der Waals surface area contributed by atoms with E-state index in [2.05, 4.69) is 42.4 Å². The van der Waals surface area contributed by atoms with Gasteiger partial charge in [0, 0.05) is 35.2 Å². The molecule has 0 bridgehead atoms. The SMILES string of the molecule is CCCCCC(=O)Oc1cccc2c1C=CC13C=NC=CC21CCC3. The summed E-state index contributed by atoms with van der Waals surface area (Å²) in [5, 5.41) is 0. The smallest absolute Gasteiger partial charge is 0.311 e. The molecule has 4 rings (SSSR count). The highest BCUT2D eigenvalue weighted by atomic mass is 16.5. The molecule has 3 nitrogen and oxygen atoms in total. The molecule has 0 radical (unpaired) electrons. The van der Waals surface area contributed by atoms with Gasteiger partial charge < -0.3 is 4.74 Å². The number of fused-ring (bicyclic) bond motifs is 1. The minimum Gasteiger partial charge on any atom is -0.426 e. The maximum atomic E-state index is 12.2. The van der Waals surface area contributed by atoms with Crippen molar-refractivity contribution in [2.45, 2.75) is 57.3 Å².